The highest BCUT2D eigenvalue weighted by Crippen LogP contribution is 2.25. The van der Waals surface area contributed by atoms with Crippen molar-refractivity contribution < 1.29 is 0 Å². The van der Waals surface area contributed by atoms with E-state index in [-0.39, 0.29) is 0 Å². The first-order chi connectivity index (χ1) is 10.2. The van der Waals surface area contributed by atoms with Gasteiger partial charge in [0.25, 0.3) is 0 Å². The molecule has 0 aliphatic rings. The molecule has 0 aliphatic carbocycles. The third kappa shape index (κ3) is 4.60. The van der Waals surface area contributed by atoms with E-state index in [2.05, 4.69) is 27.5 Å². The van der Waals surface area contributed by atoms with Crippen molar-refractivity contribution in [1.82, 2.24) is 9.97 Å². The smallest absolute Gasteiger partial charge is 0.135 e. The standard InChI is InChI=1S/C16H21ClN4/c1-3-4-5-9-18-15-10-16(20-11-19-15)21-14-8-6-7-13(17)12(14)2/h6-8,10-11H,3-5,9H2,1-2H3,(H2,18,19,20,21). The molecule has 1 aromatic heterocycles. The summed E-state index contributed by atoms with van der Waals surface area (Å²) in [5, 5.41) is 7.34. The topological polar surface area (TPSA) is 49.8 Å². The summed E-state index contributed by atoms with van der Waals surface area (Å²) in [7, 11) is 0. The minimum atomic E-state index is 0.743. The second-order valence-corrected chi connectivity index (χ2v) is 5.37. The summed E-state index contributed by atoms with van der Waals surface area (Å²) in [4.78, 5) is 8.47. The van der Waals surface area contributed by atoms with E-state index in [4.69, 9.17) is 11.6 Å². The predicted octanol–water partition coefficient (Wildman–Crippen LogP) is 4.78. The second kappa shape index (κ2) is 7.84. The van der Waals surface area contributed by atoms with Crippen LogP contribution < -0.4 is 10.6 Å². The third-order valence-corrected chi connectivity index (χ3v) is 3.69. The van der Waals surface area contributed by atoms with E-state index in [0.29, 0.717) is 0 Å². The monoisotopic (exact) mass is 304 g/mol. The van der Waals surface area contributed by atoms with Gasteiger partial charge in [0.2, 0.25) is 0 Å². The van der Waals surface area contributed by atoms with Crippen LogP contribution in [0.4, 0.5) is 17.3 Å². The highest BCUT2D eigenvalue weighted by molar-refractivity contribution is 6.31. The first-order valence-corrected chi connectivity index (χ1v) is 7.66. The molecule has 0 spiro atoms. The molecule has 2 rings (SSSR count). The van der Waals surface area contributed by atoms with Crippen molar-refractivity contribution in [2.24, 2.45) is 0 Å². The molecule has 112 valence electrons. The molecule has 4 nitrogen and oxygen atoms in total. The minimum absolute atomic E-state index is 0.743. The molecule has 0 atom stereocenters. The van der Waals surface area contributed by atoms with Gasteiger partial charge in [-0.25, -0.2) is 9.97 Å². The number of rotatable bonds is 7. The highest BCUT2D eigenvalue weighted by atomic mass is 35.5. The van der Waals surface area contributed by atoms with Crippen LogP contribution in [0.15, 0.2) is 30.6 Å². The van der Waals surface area contributed by atoms with E-state index >= 15 is 0 Å². The van der Waals surface area contributed by atoms with Gasteiger partial charge in [0.05, 0.1) is 0 Å². The lowest BCUT2D eigenvalue weighted by molar-refractivity contribution is 0.742. The van der Waals surface area contributed by atoms with Gasteiger partial charge in [-0.15, -0.1) is 0 Å². The molecule has 1 aromatic carbocycles. The zero-order chi connectivity index (χ0) is 15.1. The average molecular weight is 305 g/mol. The Kier molecular flexibility index (Phi) is 5.81. The van der Waals surface area contributed by atoms with Gasteiger partial charge in [-0.05, 0) is 31.0 Å². The van der Waals surface area contributed by atoms with E-state index in [9.17, 15) is 0 Å². The van der Waals surface area contributed by atoms with Crippen LogP contribution in [0.2, 0.25) is 5.02 Å². The Hall–Kier alpha value is -1.81. The van der Waals surface area contributed by atoms with Gasteiger partial charge in [0.15, 0.2) is 0 Å². The van der Waals surface area contributed by atoms with Gasteiger partial charge >= 0.3 is 0 Å². The van der Waals surface area contributed by atoms with Crippen LogP contribution >= 0.6 is 11.6 Å². The van der Waals surface area contributed by atoms with Crippen LogP contribution in [0.1, 0.15) is 31.7 Å². The molecule has 0 bridgehead atoms. The summed E-state index contributed by atoms with van der Waals surface area (Å²) in [6.07, 6.45) is 5.15. The molecule has 5 heteroatoms. The number of halogens is 1. The highest BCUT2D eigenvalue weighted by Gasteiger charge is 2.04. The summed E-state index contributed by atoms with van der Waals surface area (Å²) in [6, 6.07) is 7.69. The first kappa shape index (κ1) is 15.6. The largest absolute Gasteiger partial charge is 0.370 e. The first-order valence-electron chi connectivity index (χ1n) is 7.28. The Morgan fingerprint density at radius 2 is 1.95 bits per heavy atom. The molecule has 0 aliphatic heterocycles. The summed E-state index contributed by atoms with van der Waals surface area (Å²) in [6.45, 7) is 5.11. The molecule has 21 heavy (non-hydrogen) atoms. The van der Waals surface area contributed by atoms with Crippen LogP contribution in [-0.2, 0) is 0 Å². The summed E-state index contributed by atoms with van der Waals surface area (Å²) >= 11 is 6.12. The normalized spacial score (nSPS) is 10.4. The zero-order valence-electron chi connectivity index (χ0n) is 12.5. The van der Waals surface area contributed by atoms with E-state index in [1.54, 1.807) is 6.33 Å². The molecule has 2 aromatic rings. The maximum Gasteiger partial charge on any atom is 0.135 e. The van der Waals surface area contributed by atoms with Crippen molar-refractivity contribution in [3.63, 3.8) is 0 Å². The van der Waals surface area contributed by atoms with Gasteiger partial charge in [-0.1, -0.05) is 37.4 Å². The van der Waals surface area contributed by atoms with Crippen LogP contribution in [0.5, 0.6) is 0 Å². The molecular weight excluding hydrogens is 284 g/mol. The number of nitrogens with zero attached hydrogens (tertiary/aromatic N) is 2. The Bertz CT molecular complexity index is 586. The lowest BCUT2D eigenvalue weighted by Crippen LogP contribution is -2.04. The van der Waals surface area contributed by atoms with Gasteiger partial charge < -0.3 is 10.6 Å². The van der Waals surface area contributed by atoms with Crippen LogP contribution in [0.25, 0.3) is 0 Å². The maximum absolute atomic E-state index is 6.12. The summed E-state index contributed by atoms with van der Waals surface area (Å²) < 4.78 is 0. The number of aromatic nitrogens is 2. The molecule has 0 radical (unpaired) electrons. The number of nitrogens with one attached hydrogen (secondary N) is 2. The lowest BCUT2D eigenvalue weighted by atomic mass is 10.2. The summed E-state index contributed by atoms with van der Waals surface area (Å²) in [5.41, 5.74) is 1.97. The van der Waals surface area contributed by atoms with Crippen molar-refractivity contribution >= 4 is 28.9 Å². The molecule has 1 heterocycles. The van der Waals surface area contributed by atoms with E-state index in [0.717, 1.165) is 40.9 Å². The summed E-state index contributed by atoms with van der Waals surface area (Å²) in [5.74, 6) is 1.59. The fourth-order valence-corrected chi connectivity index (χ4v) is 2.17. The minimum Gasteiger partial charge on any atom is -0.370 e. The third-order valence-electron chi connectivity index (χ3n) is 3.28. The van der Waals surface area contributed by atoms with Crippen molar-refractivity contribution in [3.8, 4) is 0 Å². The molecule has 0 saturated heterocycles. The molecule has 0 fully saturated rings. The van der Waals surface area contributed by atoms with Gasteiger partial charge in [-0.2, -0.15) is 0 Å². The number of benzene rings is 1. The Labute approximate surface area is 131 Å². The van der Waals surface area contributed by atoms with E-state index in [1.165, 1.54) is 12.8 Å². The number of anilines is 3. The molecule has 0 saturated carbocycles. The van der Waals surface area contributed by atoms with Crippen LogP contribution in [-0.4, -0.2) is 16.5 Å². The maximum atomic E-state index is 6.12. The second-order valence-electron chi connectivity index (χ2n) is 4.96. The van der Waals surface area contributed by atoms with Gasteiger partial charge in [0.1, 0.15) is 18.0 Å². The zero-order valence-corrected chi connectivity index (χ0v) is 13.2. The Morgan fingerprint density at radius 3 is 2.76 bits per heavy atom. The van der Waals surface area contributed by atoms with E-state index in [1.807, 2.05) is 31.2 Å². The molecular formula is C16H21ClN4. The van der Waals surface area contributed by atoms with Crippen LogP contribution in [0.3, 0.4) is 0 Å². The van der Waals surface area contributed by atoms with Crippen molar-refractivity contribution in [3.05, 3.63) is 41.2 Å². The number of unbranched alkanes of at least 4 members (excludes halogenated alkanes) is 2. The molecule has 0 amide bonds. The van der Waals surface area contributed by atoms with Crippen molar-refractivity contribution in [2.45, 2.75) is 33.1 Å². The lowest BCUT2D eigenvalue weighted by Gasteiger charge is -2.11. The SMILES string of the molecule is CCCCCNc1cc(Nc2cccc(Cl)c2C)ncn1. The Balaban J connectivity index is 2.02. The average Bonchev–Trinajstić information content (AvgIpc) is 2.49. The van der Waals surface area contributed by atoms with Crippen LogP contribution in [0, 0.1) is 6.92 Å². The van der Waals surface area contributed by atoms with E-state index < -0.39 is 0 Å². The van der Waals surface area contributed by atoms with Gasteiger partial charge in [0, 0.05) is 23.3 Å². The number of hydrogen-bond acceptors (Lipinski definition) is 4. The fourth-order valence-electron chi connectivity index (χ4n) is 1.99. The molecule has 0 unspecified atom stereocenters. The van der Waals surface area contributed by atoms with Crippen molar-refractivity contribution in [1.29, 1.82) is 0 Å². The molecule has 2 N–H and O–H groups in total. The number of hydrogen-bond donors (Lipinski definition) is 2. The van der Waals surface area contributed by atoms with Crippen molar-refractivity contribution in [2.75, 3.05) is 17.2 Å². The fraction of sp³-hybridized carbons (Fsp3) is 0.375. The quantitative estimate of drug-likeness (QED) is 0.722. The van der Waals surface area contributed by atoms with Gasteiger partial charge in [-0.3, -0.25) is 0 Å². The predicted molar refractivity (Wildman–Crippen MR) is 89.5 cm³/mol. The Morgan fingerprint density at radius 1 is 1.14 bits per heavy atom.